The third-order valence-electron chi connectivity index (χ3n) is 6.75. The van der Waals surface area contributed by atoms with Crippen molar-refractivity contribution in [3.05, 3.63) is 71.3 Å². The number of hydrogen-bond donors (Lipinski definition) is 0. The van der Waals surface area contributed by atoms with Gasteiger partial charge in [0.05, 0.1) is 42.2 Å². The molecule has 0 fully saturated rings. The Morgan fingerprint density at radius 1 is 0.650 bits per heavy atom. The standard InChI is InChI=1S/C30H39NO8S/c1-30(2,20-34-3)23-11-14-26(37-6)29(15-23)40(32,33)31(18-21-9-12-24(35-4)16-27(21)38-7)19-22-10-13-25(36-5)17-28(22)39-8/h9-17H,18-20H2,1-8H3. The minimum absolute atomic E-state index is 0.0134. The average Bonchev–Trinajstić information content (AvgIpc) is 2.96. The lowest BCUT2D eigenvalue weighted by atomic mass is 9.85. The predicted octanol–water partition coefficient (Wildman–Crippen LogP) is 5.04. The van der Waals surface area contributed by atoms with Crippen LogP contribution in [0, 0.1) is 0 Å². The second-order valence-electron chi connectivity index (χ2n) is 9.81. The zero-order valence-electron chi connectivity index (χ0n) is 24.4. The minimum Gasteiger partial charge on any atom is -0.497 e. The van der Waals surface area contributed by atoms with Crippen LogP contribution in [0.15, 0.2) is 59.5 Å². The van der Waals surface area contributed by atoms with Crippen LogP contribution in [0.4, 0.5) is 0 Å². The number of rotatable bonds is 14. The van der Waals surface area contributed by atoms with Gasteiger partial charge in [0, 0.05) is 48.9 Å². The first-order valence-corrected chi connectivity index (χ1v) is 14.1. The fourth-order valence-corrected chi connectivity index (χ4v) is 6.03. The first kappa shape index (κ1) is 31.1. The Morgan fingerprint density at radius 2 is 1.15 bits per heavy atom. The van der Waals surface area contributed by atoms with E-state index in [1.165, 1.54) is 25.6 Å². The summed E-state index contributed by atoms with van der Waals surface area (Å²) in [4.78, 5) is 0.0524. The largest absolute Gasteiger partial charge is 0.497 e. The Kier molecular flexibility index (Phi) is 10.3. The summed E-state index contributed by atoms with van der Waals surface area (Å²) in [7, 11) is 5.14. The molecule has 0 bridgehead atoms. The number of sulfonamides is 1. The quantitative estimate of drug-likeness (QED) is 0.265. The summed E-state index contributed by atoms with van der Waals surface area (Å²) in [5.41, 5.74) is 1.69. The van der Waals surface area contributed by atoms with Crippen LogP contribution in [-0.4, -0.2) is 62.0 Å². The molecule has 0 aliphatic heterocycles. The molecule has 0 heterocycles. The fraction of sp³-hybridized carbons (Fsp3) is 0.400. The maximum atomic E-state index is 14.5. The Balaban J connectivity index is 2.19. The van der Waals surface area contributed by atoms with Gasteiger partial charge in [-0.3, -0.25) is 0 Å². The summed E-state index contributed by atoms with van der Waals surface area (Å²) in [5, 5.41) is 0. The molecular formula is C30H39NO8S. The van der Waals surface area contributed by atoms with Gasteiger partial charge >= 0.3 is 0 Å². The van der Waals surface area contributed by atoms with E-state index >= 15 is 0 Å². The molecule has 3 aromatic carbocycles. The Hall–Kier alpha value is -3.47. The van der Waals surface area contributed by atoms with Crippen LogP contribution in [0.3, 0.4) is 0 Å². The lowest BCUT2D eigenvalue weighted by Gasteiger charge is -2.28. The van der Waals surface area contributed by atoms with E-state index in [2.05, 4.69) is 0 Å². The highest BCUT2D eigenvalue weighted by Gasteiger charge is 2.32. The molecule has 0 radical (unpaired) electrons. The molecule has 3 rings (SSSR count). The number of benzene rings is 3. The summed E-state index contributed by atoms with van der Waals surface area (Å²) in [6.45, 7) is 4.43. The van der Waals surface area contributed by atoms with E-state index in [0.29, 0.717) is 40.7 Å². The third-order valence-corrected chi connectivity index (χ3v) is 8.56. The van der Waals surface area contributed by atoms with Crippen molar-refractivity contribution >= 4 is 10.0 Å². The third kappa shape index (κ3) is 6.80. The topological polar surface area (TPSA) is 92.8 Å². The highest BCUT2D eigenvalue weighted by Crippen LogP contribution is 2.36. The highest BCUT2D eigenvalue weighted by atomic mass is 32.2. The van der Waals surface area contributed by atoms with Crippen molar-refractivity contribution in [1.29, 1.82) is 0 Å². The van der Waals surface area contributed by atoms with E-state index in [1.807, 2.05) is 19.9 Å². The van der Waals surface area contributed by atoms with Gasteiger partial charge in [-0.2, -0.15) is 4.31 Å². The van der Waals surface area contributed by atoms with Crippen molar-refractivity contribution in [3.63, 3.8) is 0 Å². The van der Waals surface area contributed by atoms with E-state index in [1.54, 1.807) is 69.9 Å². The van der Waals surface area contributed by atoms with E-state index < -0.39 is 15.4 Å². The first-order chi connectivity index (χ1) is 19.0. The van der Waals surface area contributed by atoms with Crippen molar-refractivity contribution in [1.82, 2.24) is 4.31 Å². The monoisotopic (exact) mass is 573 g/mol. The minimum atomic E-state index is -4.13. The van der Waals surface area contributed by atoms with Crippen LogP contribution in [-0.2, 0) is 33.3 Å². The van der Waals surface area contributed by atoms with E-state index in [0.717, 1.165) is 5.56 Å². The summed E-state index contributed by atoms with van der Waals surface area (Å²) in [6, 6.07) is 15.8. The molecule has 3 aromatic rings. The molecule has 0 N–H and O–H groups in total. The van der Waals surface area contributed by atoms with Crippen molar-refractivity contribution in [3.8, 4) is 28.7 Å². The molecule has 0 aliphatic carbocycles. The van der Waals surface area contributed by atoms with Crippen LogP contribution in [0.2, 0.25) is 0 Å². The molecule has 0 atom stereocenters. The van der Waals surface area contributed by atoms with Gasteiger partial charge < -0.3 is 28.4 Å². The van der Waals surface area contributed by atoms with Crippen LogP contribution in [0.1, 0.15) is 30.5 Å². The van der Waals surface area contributed by atoms with Crippen molar-refractivity contribution in [2.75, 3.05) is 49.3 Å². The Morgan fingerprint density at radius 3 is 1.57 bits per heavy atom. The summed E-state index contributed by atoms with van der Waals surface area (Å²) in [6.07, 6.45) is 0. The molecule has 0 unspecified atom stereocenters. The molecule has 10 heteroatoms. The number of ether oxygens (including phenoxy) is 6. The molecule has 0 spiro atoms. The van der Waals surface area contributed by atoms with Gasteiger partial charge in [0.25, 0.3) is 0 Å². The fourth-order valence-electron chi connectivity index (χ4n) is 4.45. The molecule has 0 aromatic heterocycles. The highest BCUT2D eigenvalue weighted by molar-refractivity contribution is 7.89. The first-order valence-electron chi connectivity index (χ1n) is 12.6. The molecule has 0 saturated heterocycles. The van der Waals surface area contributed by atoms with Gasteiger partial charge in [-0.05, 0) is 29.8 Å². The number of hydrogen-bond acceptors (Lipinski definition) is 8. The van der Waals surface area contributed by atoms with Crippen LogP contribution < -0.4 is 23.7 Å². The van der Waals surface area contributed by atoms with Gasteiger partial charge in [0.2, 0.25) is 10.0 Å². The second-order valence-corrected chi connectivity index (χ2v) is 11.7. The SMILES string of the molecule is COCC(C)(C)c1ccc(OC)c(S(=O)(=O)N(Cc2ccc(OC)cc2OC)Cc2ccc(OC)cc2OC)c1. The van der Waals surface area contributed by atoms with E-state index in [-0.39, 0.29) is 23.7 Å². The smallest absolute Gasteiger partial charge is 0.247 e. The van der Waals surface area contributed by atoms with Gasteiger partial charge in [0.15, 0.2) is 0 Å². The number of nitrogens with zero attached hydrogens (tertiary/aromatic N) is 1. The van der Waals surface area contributed by atoms with Gasteiger partial charge in [0.1, 0.15) is 33.6 Å². The maximum absolute atomic E-state index is 14.5. The van der Waals surface area contributed by atoms with Crippen molar-refractivity contribution < 1.29 is 36.8 Å². The van der Waals surface area contributed by atoms with Crippen LogP contribution >= 0.6 is 0 Å². The van der Waals surface area contributed by atoms with E-state index in [4.69, 9.17) is 28.4 Å². The normalized spacial score (nSPS) is 11.8. The Labute approximate surface area is 237 Å². The summed E-state index contributed by atoms with van der Waals surface area (Å²) < 4.78 is 63.1. The predicted molar refractivity (Wildman–Crippen MR) is 153 cm³/mol. The van der Waals surface area contributed by atoms with E-state index in [9.17, 15) is 8.42 Å². The number of methoxy groups -OCH3 is 6. The summed E-state index contributed by atoms with van der Waals surface area (Å²) in [5.74, 6) is 2.44. The van der Waals surface area contributed by atoms with Crippen molar-refractivity contribution in [2.45, 2.75) is 37.2 Å². The second kappa shape index (κ2) is 13.3. The summed E-state index contributed by atoms with van der Waals surface area (Å²) >= 11 is 0. The molecule has 0 saturated carbocycles. The van der Waals surface area contributed by atoms with Gasteiger partial charge in [-0.15, -0.1) is 0 Å². The Bertz CT molecular complexity index is 1350. The lowest BCUT2D eigenvalue weighted by Crippen LogP contribution is -2.31. The zero-order valence-corrected chi connectivity index (χ0v) is 25.3. The zero-order chi connectivity index (χ0) is 29.5. The molecule has 0 amide bonds. The molecule has 40 heavy (non-hydrogen) atoms. The molecular weight excluding hydrogens is 534 g/mol. The maximum Gasteiger partial charge on any atom is 0.247 e. The van der Waals surface area contributed by atoms with Gasteiger partial charge in [-0.1, -0.05) is 32.0 Å². The van der Waals surface area contributed by atoms with Crippen molar-refractivity contribution in [2.24, 2.45) is 0 Å². The molecule has 0 aliphatic rings. The average molecular weight is 574 g/mol. The van der Waals surface area contributed by atoms with Crippen LogP contribution in [0.5, 0.6) is 28.7 Å². The molecule has 9 nitrogen and oxygen atoms in total. The lowest BCUT2D eigenvalue weighted by molar-refractivity contribution is 0.146. The molecule has 218 valence electrons. The van der Waals surface area contributed by atoms with Crippen LogP contribution in [0.25, 0.3) is 0 Å². The van der Waals surface area contributed by atoms with Gasteiger partial charge in [-0.25, -0.2) is 8.42 Å².